The van der Waals surface area contributed by atoms with E-state index in [1.54, 1.807) is 12.3 Å². The quantitative estimate of drug-likeness (QED) is 0.192. The van der Waals surface area contributed by atoms with Gasteiger partial charge >= 0.3 is 0 Å². The molecule has 0 aliphatic rings. The number of rotatable bonds is 10. The fraction of sp³-hybridized carbons (Fsp3) is 0.290. The zero-order chi connectivity index (χ0) is 29.6. The summed E-state index contributed by atoms with van der Waals surface area (Å²) < 4.78 is 26.4. The van der Waals surface area contributed by atoms with Crippen LogP contribution in [0.2, 0.25) is 0 Å². The van der Waals surface area contributed by atoms with Gasteiger partial charge in [-0.25, -0.2) is 8.78 Å². The van der Waals surface area contributed by atoms with E-state index < -0.39 is 25.4 Å². The molecule has 8 nitrogen and oxygen atoms in total. The first-order valence-electron chi connectivity index (χ1n) is 13.1. The minimum absolute atomic E-state index is 0.0763. The van der Waals surface area contributed by atoms with Gasteiger partial charge in [-0.15, -0.1) is 0 Å². The standard InChI is InChI=1S/C31H32F2N8/c1-31(2,3)18-40-29-20(15-35)16-39-28-19(14-34)10-21(11-25(28)29)41-30(26(36)17-38-22(12-32)13-33)24-6-4-8-27-23(24)7-5-9-37-27/h4-11,16-17,22,30,38,41H,12-13,18,36H2,1-3H3,(H,39,40)/b26-17-/t30-/m0/s1. The zero-order valence-electron chi connectivity index (χ0n) is 23.2. The lowest BCUT2D eigenvalue weighted by molar-refractivity contribution is 0.327. The number of pyridine rings is 2. The molecule has 0 amide bonds. The number of nitrogens with one attached hydrogen (secondary N) is 3. The molecular formula is C31H32F2N8. The molecule has 4 rings (SSSR count). The lowest BCUT2D eigenvalue weighted by Crippen LogP contribution is -2.31. The monoisotopic (exact) mass is 554 g/mol. The summed E-state index contributed by atoms with van der Waals surface area (Å²) in [4.78, 5) is 8.85. The number of halogens is 2. The number of hydrogen-bond donors (Lipinski definition) is 4. The van der Waals surface area contributed by atoms with Crippen LogP contribution in [0.4, 0.5) is 20.2 Å². The van der Waals surface area contributed by atoms with E-state index in [4.69, 9.17) is 5.73 Å². The molecule has 0 bridgehead atoms. The second kappa shape index (κ2) is 12.5. The number of alkyl halides is 2. The van der Waals surface area contributed by atoms with Crippen molar-refractivity contribution in [3.8, 4) is 12.1 Å². The number of hydrogen-bond acceptors (Lipinski definition) is 8. The van der Waals surface area contributed by atoms with Crippen LogP contribution in [0.25, 0.3) is 21.8 Å². The molecule has 2 aromatic carbocycles. The first-order valence-corrected chi connectivity index (χ1v) is 13.1. The first kappa shape index (κ1) is 29.0. The second-order valence-electron chi connectivity index (χ2n) is 10.9. The van der Waals surface area contributed by atoms with Gasteiger partial charge in [0.1, 0.15) is 25.5 Å². The van der Waals surface area contributed by atoms with Gasteiger partial charge in [0.2, 0.25) is 0 Å². The van der Waals surface area contributed by atoms with Gasteiger partial charge in [0, 0.05) is 41.6 Å². The molecule has 0 aliphatic carbocycles. The Bertz CT molecular complexity index is 1650. The zero-order valence-corrected chi connectivity index (χ0v) is 23.2. The summed E-state index contributed by atoms with van der Waals surface area (Å²) in [7, 11) is 0. The van der Waals surface area contributed by atoms with Gasteiger partial charge in [-0.2, -0.15) is 10.5 Å². The minimum Gasteiger partial charge on any atom is -0.399 e. The van der Waals surface area contributed by atoms with E-state index in [9.17, 15) is 19.3 Å². The number of anilines is 2. The van der Waals surface area contributed by atoms with Gasteiger partial charge in [-0.05, 0) is 35.2 Å². The third-order valence-corrected chi connectivity index (χ3v) is 6.50. The van der Waals surface area contributed by atoms with Crippen LogP contribution in [0.1, 0.15) is 43.5 Å². The first-order chi connectivity index (χ1) is 19.7. The highest BCUT2D eigenvalue weighted by Gasteiger charge is 2.21. The number of nitrogens with two attached hydrogens (primary N) is 1. The van der Waals surface area contributed by atoms with E-state index in [0.29, 0.717) is 39.9 Å². The minimum atomic E-state index is -1.03. The molecule has 2 heterocycles. The fourth-order valence-corrected chi connectivity index (χ4v) is 4.41. The Labute approximate surface area is 237 Å². The average Bonchev–Trinajstić information content (AvgIpc) is 2.97. The maximum atomic E-state index is 13.2. The maximum Gasteiger partial charge on any atom is 0.112 e. The summed E-state index contributed by atoms with van der Waals surface area (Å²) in [6.45, 7) is 5.01. The molecule has 2 aromatic heterocycles. The molecule has 0 saturated carbocycles. The van der Waals surface area contributed by atoms with Crippen molar-refractivity contribution in [2.24, 2.45) is 11.1 Å². The predicted octanol–water partition coefficient (Wildman–Crippen LogP) is 5.83. The van der Waals surface area contributed by atoms with E-state index >= 15 is 0 Å². The molecule has 210 valence electrons. The van der Waals surface area contributed by atoms with Crippen molar-refractivity contribution in [2.45, 2.75) is 32.9 Å². The number of nitrogens with zero attached hydrogens (tertiary/aromatic N) is 4. The Kier molecular flexibility index (Phi) is 8.84. The molecule has 0 saturated heterocycles. The SMILES string of the molecule is CC(C)(C)CNc1c(C#N)cnc2c(C#N)cc(N[C@H](/C(N)=C/NC(CF)CF)c3cccc4ncccc34)cc12. The summed E-state index contributed by atoms with van der Waals surface area (Å²) >= 11 is 0. The second-order valence-corrected chi connectivity index (χ2v) is 10.9. The van der Waals surface area contributed by atoms with Crippen LogP contribution in [0.5, 0.6) is 0 Å². The lowest BCUT2D eigenvalue weighted by atomic mass is 9.96. The average molecular weight is 555 g/mol. The highest BCUT2D eigenvalue weighted by Crippen LogP contribution is 2.35. The van der Waals surface area contributed by atoms with E-state index in [-0.39, 0.29) is 11.1 Å². The van der Waals surface area contributed by atoms with E-state index in [1.807, 2.05) is 36.4 Å². The molecule has 0 radical (unpaired) electrons. The molecule has 10 heteroatoms. The molecule has 0 spiro atoms. The summed E-state index contributed by atoms with van der Waals surface area (Å²) in [5.74, 6) is 0. The number of benzene rings is 2. The Balaban J connectivity index is 1.87. The predicted molar refractivity (Wildman–Crippen MR) is 158 cm³/mol. The van der Waals surface area contributed by atoms with Crippen molar-refractivity contribution in [3.63, 3.8) is 0 Å². The maximum absolute atomic E-state index is 13.2. The smallest absolute Gasteiger partial charge is 0.112 e. The van der Waals surface area contributed by atoms with Gasteiger partial charge in [0.05, 0.1) is 45.6 Å². The molecule has 1 atom stereocenters. The molecule has 0 aliphatic heterocycles. The van der Waals surface area contributed by atoms with Gasteiger partial charge in [-0.3, -0.25) is 9.97 Å². The highest BCUT2D eigenvalue weighted by molar-refractivity contribution is 5.99. The van der Waals surface area contributed by atoms with Crippen molar-refractivity contribution in [3.05, 3.63) is 83.4 Å². The van der Waals surface area contributed by atoms with E-state index in [0.717, 1.165) is 16.5 Å². The van der Waals surface area contributed by atoms with Crippen molar-refractivity contribution in [1.29, 1.82) is 10.5 Å². The number of aromatic nitrogens is 2. The molecular weight excluding hydrogens is 522 g/mol. The Morgan fingerprint density at radius 1 is 1.02 bits per heavy atom. The van der Waals surface area contributed by atoms with Crippen molar-refractivity contribution in [2.75, 3.05) is 30.5 Å². The van der Waals surface area contributed by atoms with Gasteiger partial charge in [-0.1, -0.05) is 39.0 Å². The molecule has 0 unspecified atom stereocenters. The largest absolute Gasteiger partial charge is 0.399 e. The van der Waals surface area contributed by atoms with Gasteiger partial charge in [0.15, 0.2) is 0 Å². The Morgan fingerprint density at radius 3 is 2.46 bits per heavy atom. The highest BCUT2D eigenvalue weighted by atomic mass is 19.1. The molecule has 5 N–H and O–H groups in total. The van der Waals surface area contributed by atoms with Crippen LogP contribution < -0.4 is 21.7 Å². The van der Waals surface area contributed by atoms with Crippen LogP contribution in [0.15, 0.2) is 66.8 Å². The van der Waals surface area contributed by atoms with Gasteiger partial charge in [0.25, 0.3) is 0 Å². The summed E-state index contributed by atoms with van der Waals surface area (Å²) in [5, 5.41) is 30.8. The van der Waals surface area contributed by atoms with E-state index in [1.165, 1.54) is 12.4 Å². The van der Waals surface area contributed by atoms with Crippen LogP contribution >= 0.6 is 0 Å². The number of nitriles is 2. The van der Waals surface area contributed by atoms with Crippen molar-refractivity contribution >= 4 is 33.2 Å². The molecule has 41 heavy (non-hydrogen) atoms. The Morgan fingerprint density at radius 2 is 1.78 bits per heavy atom. The van der Waals surface area contributed by atoms with E-state index in [2.05, 4.69) is 58.8 Å². The fourth-order valence-electron chi connectivity index (χ4n) is 4.41. The van der Waals surface area contributed by atoms with Gasteiger partial charge < -0.3 is 21.7 Å². The topological polar surface area (TPSA) is 135 Å². The molecule has 4 aromatic rings. The lowest BCUT2D eigenvalue weighted by Gasteiger charge is -2.24. The van der Waals surface area contributed by atoms with Crippen LogP contribution in [-0.4, -0.2) is 35.9 Å². The normalized spacial score (nSPS) is 12.6. The third kappa shape index (κ3) is 6.62. The van der Waals surface area contributed by atoms with Crippen LogP contribution in [0, 0.1) is 28.1 Å². The summed E-state index contributed by atoms with van der Waals surface area (Å²) in [6.07, 6.45) is 4.55. The van der Waals surface area contributed by atoms with Crippen LogP contribution in [-0.2, 0) is 0 Å². The number of fused-ring (bicyclic) bond motifs is 2. The molecule has 0 fully saturated rings. The van der Waals surface area contributed by atoms with Crippen LogP contribution in [0.3, 0.4) is 0 Å². The summed E-state index contributed by atoms with van der Waals surface area (Å²) in [5.41, 5.74) is 10.5. The van der Waals surface area contributed by atoms with Crippen molar-refractivity contribution in [1.82, 2.24) is 15.3 Å². The third-order valence-electron chi connectivity index (χ3n) is 6.50. The van der Waals surface area contributed by atoms with Crippen molar-refractivity contribution < 1.29 is 8.78 Å². The Hall–Kier alpha value is -4.96. The summed E-state index contributed by atoms with van der Waals surface area (Å²) in [6, 6.07) is 15.5.